The third-order valence-electron chi connectivity index (χ3n) is 3.05. The van der Waals surface area contributed by atoms with Crippen molar-refractivity contribution in [3.05, 3.63) is 28.2 Å². The molecule has 1 aromatic rings. The fourth-order valence-corrected chi connectivity index (χ4v) is 2.37. The maximum atomic E-state index is 5.82. The zero-order valence-corrected chi connectivity index (χ0v) is 12.8. The van der Waals surface area contributed by atoms with E-state index in [0.717, 1.165) is 22.6 Å². The van der Waals surface area contributed by atoms with E-state index in [1.165, 1.54) is 12.0 Å². The van der Waals surface area contributed by atoms with Crippen LogP contribution in [0.1, 0.15) is 32.8 Å². The Morgan fingerprint density at radius 1 is 1.29 bits per heavy atom. The molecule has 0 saturated heterocycles. The highest BCUT2D eigenvalue weighted by Gasteiger charge is 2.12. The van der Waals surface area contributed by atoms with Gasteiger partial charge >= 0.3 is 0 Å². The second-order valence-electron chi connectivity index (χ2n) is 5.24. The van der Waals surface area contributed by atoms with Gasteiger partial charge in [-0.25, -0.2) is 0 Å². The normalized spacial score (nSPS) is 13.4. The third-order valence-corrected chi connectivity index (χ3v) is 3.83. The molecule has 0 aromatic heterocycles. The van der Waals surface area contributed by atoms with Crippen LogP contribution in [-0.2, 0) is 6.54 Å². The summed E-state index contributed by atoms with van der Waals surface area (Å²) in [7, 11) is 2.17. The van der Waals surface area contributed by atoms with E-state index >= 15 is 0 Å². The molecule has 2 nitrogen and oxygen atoms in total. The maximum Gasteiger partial charge on any atom is 0.0318 e. The van der Waals surface area contributed by atoms with Crippen molar-refractivity contribution in [2.75, 3.05) is 12.8 Å². The molecule has 0 aliphatic carbocycles. The van der Waals surface area contributed by atoms with Crippen LogP contribution in [0.2, 0.25) is 0 Å². The van der Waals surface area contributed by atoms with Gasteiger partial charge in [0.15, 0.2) is 0 Å². The Hall–Kier alpha value is -0.540. The van der Waals surface area contributed by atoms with Crippen LogP contribution in [0.3, 0.4) is 0 Å². The molecule has 1 rings (SSSR count). The Labute approximate surface area is 113 Å². The van der Waals surface area contributed by atoms with E-state index in [-0.39, 0.29) is 0 Å². The highest BCUT2D eigenvalue weighted by atomic mass is 79.9. The predicted molar refractivity (Wildman–Crippen MR) is 78.9 cm³/mol. The molecule has 1 aromatic carbocycles. The van der Waals surface area contributed by atoms with E-state index in [4.69, 9.17) is 5.73 Å². The van der Waals surface area contributed by atoms with Crippen molar-refractivity contribution in [2.45, 2.75) is 39.8 Å². The zero-order valence-electron chi connectivity index (χ0n) is 11.2. The van der Waals surface area contributed by atoms with Crippen LogP contribution in [0.4, 0.5) is 5.69 Å². The summed E-state index contributed by atoms with van der Waals surface area (Å²) in [4.78, 5) is 2.37. The van der Waals surface area contributed by atoms with Gasteiger partial charge in [0.1, 0.15) is 0 Å². The van der Waals surface area contributed by atoms with Gasteiger partial charge in [-0.15, -0.1) is 0 Å². The predicted octanol–water partition coefficient (Wildman–Crippen LogP) is 3.90. The number of hydrogen-bond donors (Lipinski definition) is 1. The minimum atomic E-state index is 0.586. The highest BCUT2D eigenvalue weighted by Crippen LogP contribution is 2.22. The summed E-state index contributed by atoms with van der Waals surface area (Å²) in [5, 5.41) is 0. The molecule has 0 radical (unpaired) electrons. The average molecular weight is 299 g/mol. The number of nitrogen functional groups attached to an aromatic ring is 1. The van der Waals surface area contributed by atoms with Crippen LogP contribution in [-0.4, -0.2) is 18.0 Å². The number of benzene rings is 1. The lowest BCUT2D eigenvalue weighted by atomic mass is 10.0. The topological polar surface area (TPSA) is 29.3 Å². The van der Waals surface area contributed by atoms with Crippen LogP contribution in [0.5, 0.6) is 0 Å². The van der Waals surface area contributed by atoms with Crippen LogP contribution < -0.4 is 5.73 Å². The van der Waals surface area contributed by atoms with Gasteiger partial charge in [-0.05, 0) is 50.1 Å². The number of halogens is 1. The molecule has 0 fully saturated rings. The first kappa shape index (κ1) is 14.5. The summed E-state index contributed by atoms with van der Waals surface area (Å²) in [5.74, 6) is 0.733. The first-order chi connectivity index (χ1) is 7.90. The Balaban J connectivity index is 2.67. The van der Waals surface area contributed by atoms with Crippen LogP contribution >= 0.6 is 15.9 Å². The zero-order chi connectivity index (χ0) is 13.0. The number of hydrogen-bond acceptors (Lipinski definition) is 2. The van der Waals surface area contributed by atoms with Gasteiger partial charge in [0, 0.05) is 22.7 Å². The lowest BCUT2D eigenvalue weighted by Gasteiger charge is -2.26. The summed E-state index contributed by atoms with van der Waals surface area (Å²) in [6.45, 7) is 7.74. The van der Waals surface area contributed by atoms with Crippen molar-refractivity contribution in [2.24, 2.45) is 5.92 Å². The molecule has 0 saturated carbocycles. The van der Waals surface area contributed by atoms with Gasteiger partial charge in [-0.3, -0.25) is 4.90 Å². The quantitative estimate of drug-likeness (QED) is 0.836. The molecule has 1 atom stereocenters. The Kier molecular flexibility index (Phi) is 5.47. The second kappa shape index (κ2) is 6.41. The van der Waals surface area contributed by atoms with Gasteiger partial charge in [0.05, 0.1) is 0 Å². The molecule has 3 heteroatoms. The molecular weight excluding hydrogens is 276 g/mol. The molecule has 96 valence electrons. The van der Waals surface area contributed by atoms with Crippen molar-refractivity contribution < 1.29 is 0 Å². The molecule has 1 unspecified atom stereocenters. The van der Waals surface area contributed by atoms with E-state index < -0.39 is 0 Å². The molecular formula is C14H23BrN2. The van der Waals surface area contributed by atoms with Gasteiger partial charge in [0.25, 0.3) is 0 Å². The number of nitrogens with zero attached hydrogens (tertiary/aromatic N) is 1. The van der Waals surface area contributed by atoms with Crippen molar-refractivity contribution in [1.82, 2.24) is 4.90 Å². The Morgan fingerprint density at radius 3 is 2.53 bits per heavy atom. The van der Waals surface area contributed by atoms with E-state index in [1.807, 2.05) is 18.2 Å². The maximum absolute atomic E-state index is 5.82. The first-order valence-corrected chi connectivity index (χ1v) is 6.93. The minimum absolute atomic E-state index is 0.586. The largest absolute Gasteiger partial charge is 0.399 e. The second-order valence-corrected chi connectivity index (χ2v) is 6.10. The molecule has 2 N–H and O–H groups in total. The van der Waals surface area contributed by atoms with Crippen LogP contribution in [0.15, 0.2) is 22.7 Å². The first-order valence-electron chi connectivity index (χ1n) is 6.14. The van der Waals surface area contributed by atoms with E-state index in [1.54, 1.807) is 0 Å². The third kappa shape index (κ3) is 4.68. The Bertz CT molecular complexity index is 363. The fraction of sp³-hybridized carbons (Fsp3) is 0.571. The van der Waals surface area contributed by atoms with E-state index in [2.05, 4.69) is 48.6 Å². The average Bonchev–Trinajstić information content (AvgIpc) is 2.22. The van der Waals surface area contributed by atoms with Crippen molar-refractivity contribution in [3.8, 4) is 0 Å². The van der Waals surface area contributed by atoms with E-state index in [9.17, 15) is 0 Å². The van der Waals surface area contributed by atoms with Gasteiger partial charge in [-0.1, -0.05) is 29.8 Å². The molecule has 0 amide bonds. The number of nitrogens with two attached hydrogens (primary N) is 1. The fourth-order valence-electron chi connectivity index (χ4n) is 2.00. The van der Waals surface area contributed by atoms with Crippen LogP contribution in [0, 0.1) is 5.92 Å². The SMILES string of the molecule is CC(C)CC(C)N(C)Cc1cc(N)ccc1Br. The van der Waals surface area contributed by atoms with Crippen molar-refractivity contribution in [3.63, 3.8) is 0 Å². The van der Waals surface area contributed by atoms with Gasteiger partial charge < -0.3 is 5.73 Å². The monoisotopic (exact) mass is 298 g/mol. The molecule has 17 heavy (non-hydrogen) atoms. The smallest absolute Gasteiger partial charge is 0.0318 e. The van der Waals surface area contributed by atoms with Gasteiger partial charge in [0.2, 0.25) is 0 Å². The molecule has 0 aliphatic heterocycles. The van der Waals surface area contributed by atoms with Crippen molar-refractivity contribution >= 4 is 21.6 Å². The molecule has 0 heterocycles. The number of rotatable bonds is 5. The molecule has 0 bridgehead atoms. The standard InChI is InChI=1S/C14H23BrN2/c1-10(2)7-11(3)17(4)9-12-8-13(16)5-6-14(12)15/h5-6,8,10-11H,7,9,16H2,1-4H3. The molecule has 0 aliphatic rings. The lowest BCUT2D eigenvalue weighted by Crippen LogP contribution is -2.29. The van der Waals surface area contributed by atoms with Gasteiger partial charge in [-0.2, -0.15) is 0 Å². The summed E-state index contributed by atoms with van der Waals surface area (Å²) in [6.07, 6.45) is 1.22. The summed E-state index contributed by atoms with van der Waals surface area (Å²) in [6, 6.07) is 6.57. The highest BCUT2D eigenvalue weighted by molar-refractivity contribution is 9.10. The number of anilines is 1. The minimum Gasteiger partial charge on any atom is -0.399 e. The summed E-state index contributed by atoms with van der Waals surface area (Å²) >= 11 is 3.58. The molecule has 0 spiro atoms. The van der Waals surface area contributed by atoms with Crippen LogP contribution in [0.25, 0.3) is 0 Å². The summed E-state index contributed by atoms with van der Waals surface area (Å²) < 4.78 is 1.13. The lowest BCUT2D eigenvalue weighted by molar-refractivity contribution is 0.220. The summed E-state index contributed by atoms with van der Waals surface area (Å²) in [5.41, 5.74) is 7.90. The Morgan fingerprint density at radius 2 is 1.94 bits per heavy atom. The van der Waals surface area contributed by atoms with E-state index in [0.29, 0.717) is 6.04 Å². The van der Waals surface area contributed by atoms with Crippen molar-refractivity contribution in [1.29, 1.82) is 0 Å².